The average molecular weight is 350 g/mol. The third-order valence-electron chi connectivity index (χ3n) is 4.54. The molecule has 3 rings (SSSR count). The van der Waals surface area contributed by atoms with Gasteiger partial charge in [-0.15, -0.1) is 0 Å². The normalized spacial score (nSPS) is 25.9. The lowest BCUT2D eigenvalue weighted by atomic mass is 9.78. The first-order valence-electron chi connectivity index (χ1n) is 7.44. The summed E-state index contributed by atoms with van der Waals surface area (Å²) in [5.74, 6) is 0.733. The van der Waals surface area contributed by atoms with Crippen LogP contribution in [0.25, 0.3) is 5.52 Å². The van der Waals surface area contributed by atoms with Crippen molar-refractivity contribution in [2.45, 2.75) is 38.1 Å². The lowest BCUT2D eigenvalue weighted by Gasteiger charge is -2.38. The zero-order valence-corrected chi connectivity index (χ0v) is 13.8. The van der Waals surface area contributed by atoms with Gasteiger partial charge in [-0.1, -0.05) is 28.9 Å². The van der Waals surface area contributed by atoms with E-state index in [0.29, 0.717) is 5.56 Å². The predicted molar refractivity (Wildman–Crippen MR) is 86.8 cm³/mol. The lowest BCUT2D eigenvalue weighted by Crippen LogP contribution is -2.52. The van der Waals surface area contributed by atoms with Crippen molar-refractivity contribution in [1.29, 1.82) is 0 Å². The van der Waals surface area contributed by atoms with Gasteiger partial charge in [0.15, 0.2) is 0 Å². The van der Waals surface area contributed by atoms with E-state index in [-0.39, 0.29) is 11.4 Å². The summed E-state index contributed by atoms with van der Waals surface area (Å²) >= 11 is 3.59. The number of amides is 1. The number of carbonyl (C=O) groups is 1. The summed E-state index contributed by atoms with van der Waals surface area (Å²) in [5, 5.41) is 8.30. The molecule has 0 unspecified atom stereocenters. The van der Waals surface area contributed by atoms with Crippen LogP contribution < -0.4 is 5.32 Å². The molecule has 2 aromatic heterocycles. The van der Waals surface area contributed by atoms with Crippen LogP contribution in [0, 0.1) is 5.92 Å². The molecule has 4 nitrogen and oxygen atoms in total. The van der Waals surface area contributed by atoms with E-state index in [1.807, 2.05) is 24.4 Å². The molecule has 2 aromatic rings. The molecule has 1 N–H and O–H groups in total. The molecule has 1 fully saturated rings. The van der Waals surface area contributed by atoms with E-state index in [1.165, 1.54) is 12.8 Å². The van der Waals surface area contributed by atoms with Gasteiger partial charge < -0.3 is 5.32 Å². The molecular weight excluding hydrogens is 330 g/mol. The first-order valence-corrected chi connectivity index (χ1v) is 8.56. The van der Waals surface area contributed by atoms with E-state index in [9.17, 15) is 4.79 Å². The van der Waals surface area contributed by atoms with Crippen LogP contribution in [0.2, 0.25) is 0 Å². The second kappa shape index (κ2) is 5.79. The highest BCUT2D eigenvalue weighted by Crippen LogP contribution is 2.33. The number of rotatable bonds is 3. The number of pyridine rings is 1. The third-order valence-corrected chi connectivity index (χ3v) is 5.61. The van der Waals surface area contributed by atoms with Gasteiger partial charge in [-0.25, -0.2) is 4.52 Å². The maximum absolute atomic E-state index is 12.6. The smallest absolute Gasteiger partial charge is 0.255 e. The van der Waals surface area contributed by atoms with Crippen LogP contribution in [0.4, 0.5) is 0 Å². The topological polar surface area (TPSA) is 46.4 Å². The van der Waals surface area contributed by atoms with Crippen molar-refractivity contribution < 1.29 is 4.79 Å². The number of nitrogens with one attached hydrogen (secondary N) is 1. The van der Waals surface area contributed by atoms with E-state index < -0.39 is 0 Å². The molecule has 112 valence electrons. The summed E-state index contributed by atoms with van der Waals surface area (Å²) in [5.41, 5.74) is 1.38. The molecule has 0 radical (unpaired) electrons. The standard InChI is InChI=1S/C16H20BrN3O/c1-12-5-7-16(11-17,8-6-12)19-15(21)13-10-18-20-9-3-2-4-14(13)20/h2-4,9-10,12H,5-8,11H2,1H3,(H,19,21). The van der Waals surface area contributed by atoms with Gasteiger partial charge in [0.2, 0.25) is 0 Å². The maximum Gasteiger partial charge on any atom is 0.255 e. The van der Waals surface area contributed by atoms with Crippen molar-refractivity contribution in [2.75, 3.05) is 5.33 Å². The molecule has 1 aliphatic rings. The van der Waals surface area contributed by atoms with Crippen LogP contribution in [-0.2, 0) is 0 Å². The molecule has 0 spiro atoms. The Morgan fingerprint density at radius 1 is 1.48 bits per heavy atom. The minimum atomic E-state index is -0.118. The van der Waals surface area contributed by atoms with Crippen LogP contribution in [0.1, 0.15) is 43.0 Å². The van der Waals surface area contributed by atoms with E-state index in [4.69, 9.17) is 0 Å². The zero-order valence-electron chi connectivity index (χ0n) is 12.2. The van der Waals surface area contributed by atoms with Gasteiger partial charge in [0.1, 0.15) is 0 Å². The van der Waals surface area contributed by atoms with Gasteiger partial charge in [0, 0.05) is 11.5 Å². The molecule has 0 atom stereocenters. The molecular formula is C16H20BrN3O. The predicted octanol–water partition coefficient (Wildman–Crippen LogP) is 3.41. The zero-order chi connectivity index (χ0) is 14.9. The maximum atomic E-state index is 12.6. The highest BCUT2D eigenvalue weighted by molar-refractivity contribution is 9.09. The number of carbonyl (C=O) groups excluding carboxylic acids is 1. The molecule has 2 heterocycles. The Labute approximate surface area is 133 Å². The third kappa shape index (κ3) is 2.84. The van der Waals surface area contributed by atoms with Gasteiger partial charge >= 0.3 is 0 Å². The number of hydrogen-bond donors (Lipinski definition) is 1. The molecule has 0 aromatic carbocycles. The van der Waals surface area contributed by atoms with E-state index >= 15 is 0 Å². The second-order valence-corrected chi connectivity index (χ2v) is 6.70. The molecule has 1 saturated carbocycles. The Morgan fingerprint density at radius 3 is 2.95 bits per heavy atom. The summed E-state index contributed by atoms with van der Waals surface area (Å²) in [7, 11) is 0. The summed E-state index contributed by atoms with van der Waals surface area (Å²) < 4.78 is 1.73. The van der Waals surface area contributed by atoms with Gasteiger partial charge in [-0.2, -0.15) is 5.10 Å². The molecule has 0 aliphatic heterocycles. The lowest BCUT2D eigenvalue weighted by molar-refractivity contribution is 0.0876. The van der Waals surface area contributed by atoms with Crippen molar-refractivity contribution in [2.24, 2.45) is 5.92 Å². The Hall–Kier alpha value is -1.36. The molecule has 21 heavy (non-hydrogen) atoms. The first-order chi connectivity index (χ1) is 10.1. The fraction of sp³-hybridized carbons (Fsp3) is 0.500. The van der Waals surface area contributed by atoms with Crippen LogP contribution in [-0.4, -0.2) is 26.4 Å². The number of alkyl halides is 1. The fourth-order valence-electron chi connectivity index (χ4n) is 3.02. The van der Waals surface area contributed by atoms with E-state index in [1.54, 1.807) is 10.7 Å². The van der Waals surface area contributed by atoms with Crippen molar-refractivity contribution >= 4 is 27.4 Å². The van der Waals surface area contributed by atoms with Crippen molar-refractivity contribution in [3.8, 4) is 0 Å². The van der Waals surface area contributed by atoms with Crippen molar-refractivity contribution in [3.05, 3.63) is 36.2 Å². The number of halogens is 1. The van der Waals surface area contributed by atoms with E-state index in [2.05, 4.69) is 33.3 Å². The SMILES string of the molecule is CC1CCC(CBr)(NC(=O)c2cnn3ccccc23)CC1. The second-order valence-electron chi connectivity index (χ2n) is 6.14. The van der Waals surface area contributed by atoms with Crippen molar-refractivity contribution in [1.82, 2.24) is 14.9 Å². The number of fused-ring (bicyclic) bond motifs is 1. The van der Waals surface area contributed by atoms with Crippen molar-refractivity contribution in [3.63, 3.8) is 0 Å². The fourth-order valence-corrected chi connectivity index (χ4v) is 3.73. The highest BCUT2D eigenvalue weighted by atomic mass is 79.9. The summed E-state index contributed by atoms with van der Waals surface area (Å²) in [6.07, 6.45) is 7.91. The number of hydrogen-bond acceptors (Lipinski definition) is 2. The Kier molecular flexibility index (Phi) is 4.02. The van der Waals surface area contributed by atoms with Gasteiger partial charge in [-0.3, -0.25) is 4.79 Å². The monoisotopic (exact) mass is 349 g/mol. The van der Waals surface area contributed by atoms with Gasteiger partial charge in [-0.05, 0) is 43.7 Å². The van der Waals surface area contributed by atoms with Gasteiger partial charge in [0.05, 0.1) is 22.8 Å². The minimum Gasteiger partial charge on any atom is -0.346 e. The molecule has 0 saturated heterocycles. The average Bonchev–Trinajstić information content (AvgIpc) is 2.94. The van der Waals surface area contributed by atoms with Crippen LogP contribution in [0.3, 0.4) is 0 Å². The number of nitrogens with zero attached hydrogens (tertiary/aromatic N) is 2. The van der Waals surface area contributed by atoms with Crippen LogP contribution in [0.15, 0.2) is 30.6 Å². The largest absolute Gasteiger partial charge is 0.346 e. The minimum absolute atomic E-state index is 0.0230. The Balaban J connectivity index is 1.82. The summed E-state index contributed by atoms with van der Waals surface area (Å²) in [6.45, 7) is 2.28. The van der Waals surface area contributed by atoms with E-state index in [0.717, 1.165) is 29.6 Å². The number of aromatic nitrogens is 2. The Bertz CT molecular complexity index is 644. The quantitative estimate of drug-likeness (QED) is 0.863. The molecule has 5 heteroatoms. The first kappa shape index (κ1) is 14.6. The van der Waals surface area contributed by atoms with Crippen LogP contribution in [0.5, 0.6) is 0 Å². The summed E-state index contributed by atoms with van der Waals surface area (Å²) in [6, 6.07) is 5.76. The van der Waals surface area contributed by atoms with Crippen LogP contribution >= 0.6 is 15.9 Å². The van der Waals surface area contributed by atoms with Gasteiger partial charge in [0.25, 0.3) is 5.91 Å². The highest BCUT2D eigenvalue weighted by Gasteiger charge is 2.35. The molecule has 1 amide bonds. The molecule has 0 bridgehead atoms. The molecule has 1 aliphatic carbocycles. The Morgan fingerprint density at radius 2 is 2.24 bits per heavy atom. The summed E-state index contributed by atoms with van der Waals surface area (Å²) in [4.78, 5) is 12.6.